The number of benzene rings is 1. The molecule has 1 saturated carbocycles. The quantitative estimate of drug-likeness (QED) is 0.653. The summed E-state index contributed by atoms with van der Waals surface area (Å²) in [4.78, 5) is 4.53. The summed E-state index contributed by atoms with van der Waals surface area (Å²) in [6.45, 7) is 6.89. The molecule has 1 fully saturated rings. The monoisotopic (exact) mass is 331 g/mol. The third-order valence-electron chi connectivity index (χ3n) is 5.00. The topological polar surface area (TPSA) is 68.9 Å². The molecule has 1 heterocycles. The van der Waals surface area contributed by atoms with Gasteiger partial charge in [0.1, 0.15) is 0 Å². The number of anilines is 1. The molecule has 5 nitrogen and oxygen atoms in total. The van der Waals surface area contributed by atoms with Gasteiger partial charge in [-0.15, -0.1) is 0 Å². The molecule has 1 aromatic rings. The first-order valence-corrected chi connectivity index (χ1v) is 8.98. The Morgan fingerprint density at radius 1 is 1.21 bits per heavy atom. The third-order valence-corrected chi connectivity index (χ3v) is 5.00. The molecule has 0 saturated heterocycles. The van der Waals surface area contributed by atoms with E-state index in [9.17, 15) is 0 Å². The van der Waals surface area contributed by atoms with Crippen LogP contribution in [0.5, 0.6) is 11.5 Å². The Morgan fingerprint density at radius 3 is 2.67 bits per heavy atom. The number of aliphatic imine (C=N–C) groups is 1. The predicted molar refractivity (Wildman–Crippen MR) is 97.9 cm³/mol. The summed E-state index contributed by atoms with van der Waals surface area (Å²) in [5.74, 6) is 2.68. The van der Waals surface area contributed by atoms with Crippen molar-refractivity contribution in [2.45, 2.75) is 46.0 Å². The highest BCUT2D eigenvalue weighted by atomic mass is 16.5. The Morgan fingerprint density at radius 2 is 1.92 bits per heavy atom. The minimum Gasteiger partial charge on any atom is -0.490 e. The number of nitrogens with one attached hydrogen (secondary N) is 1. The Kier molecular flexibility index (Phi) is 5.17. The van der Waals surface area contributed by atoms with Crippen LogP contribution in [-0.2, 0) is 0 Å². The van der Waals surface area contributed by atoms with Gasteiger partial charge in [-0.1, -0.05) is 13.8 Å². The maximum absolute atomic E-state index is 6.05. The molecule has 3 rings (SSSR count). The van der Waals surface area contributed by atoms with Gasteiger partial charge < -0.3 is 20.5 Å². The third kappa shape index (κ3) is 4.56. The number of nitrogens with two attached hydrogens (primary N) is 1. The summed E-state index contributed by atoms with van der Waals surface area (Å²) in [5.41, 5.74) is 7.42. The van der Waals surface area contributed by atoms with Crippen LogP contribution in [0.15, 0.2) is 23.2 Å². The maximum atomic E-state index is 6.05. The molecule has 0 bridgehead atoms. The fourth-order valence-electron chi connectivity index (χ4n) is 3.30. The van der Waals surface area contributed by atoms with Gasteiger partial charge in [0, 0.05) is 24.7 Å². The molecule has 0 radical (unpaired) electrons. The number of fused-ring (bicyclic) bond motifs is 1. The van der Waals surface area contributed by atoms with Crippen molar-refractivity contribution in [1.82, 2.24) is 0 Å². The summed E-state index contributed by atoms with van der Waals surface area (Å²) in [5, 5.41) is 3.16. The molecule has 1 aliphatic carbocycles. The molecule has 5 heteroatoms. The number of hydrogen-bond donors (Lipinski definition) is 2. The van der Waals surface area contributed by atoms with Gasteiger partial charge in [0.05, 0.1) is 13.2 Å². The van der Waals surface area contributed by atoms with Crippen molar-refractivity contribution in [3.05, 3.63) is 18.2 Å². The van der Waals surface area contributed by atoms with E-state index in [0.29, 0.717) is 30.5 Å². The zero-order chi connectivity index (χ0) is 17.0. The number of rotatable bonds is 3. The minimum atomic E-state index is 0.467. The lowest BCUT2D eigenvalue weighted by Crippen LogP contribution is -2.26. The number of ether oxygens (including phenoxy) is 2. The summed E-state index contributed by atoms with van der Waals surface area (Å²) < 4.78 is 11.3. The van der Waals surface area contributed by atoms with Crippen LogP contribution in [0, 0.1) is 11.3 Å². The highest BCUT2D eigenvalue weighted by Crippen LogP contribution is 2.38. The van der Waals surface area contributed by atoms with Crippen molar-refractivity contribution >= 4 is 11.6 Å². The van der Waals surface area contributed by atoms with Crippen LogP contribution in [0.25, 0.3) is 0 Å². The average molecular weight is 331 g/mol. The summed E-state index contributed by atoms with van der Waals surface area (Å²) in [6.07, 6.45) is 5.95. The van der Waals surface area contributed by atoms with Crippen LogP contribution in [0.1, 0.15) is 46.0 Å². The van der Waals surface area contributed by atoms with E-state index in [2.05, 4.69) is 24.2 Å². The average Bonchev–Trinajstić information content (AvgIpc) is 2.79. The predicted octanol–water partition coefficient (Wildman–Crippen LogP) is 3.79. The van der Waals surface area contributed by atoms with E-state index >= 15 is 0 Å². The molecule has 3 N–H and O–H groups in total. The van der Waals surface area contributed by atoms with Gasteiger partial charge in [-0.3, -0.25) is 4.99 Å². The normalized spacial score (nSPS) is 21.2. The molecule has 24 heavy (non-hydrogen) atoms. The lowest BCUT2D eigenvalue weighted by atomic mass is 9.73. The zero-order valence-corrected chi connectivity index (χ0v) is 14.8. The Bertz CT molecular complexity index is 588. The van der Waals surface area contributed by atoms with E-state index in [1.54, 1.807) is 0 Å². The molecule has 0 spiro atoms. The first-order valence-electron chi connectivity index (χ1n) is 8.98. The summed E-state index contributed by atoms with van der Waals surface area (Å²) in [7, 11) is 0. The van der Waals surface area contributed by atoms with Gasteiger partial charge in [-0.05, 0) is 49.1 Å². The molecule has 132 valence electrons. The van der Waals surface area contributed by atoms with Gasteiger partial charge >= 0.3 is 0 Å². The molecule has 0 aromatic heterocycles. The first-order chi connectivity index (χ1) is 11.5. The second-order valence-corrected chi connectivity index (χ2v) is 7.67. The molecule has 0 amide bonds. The summed E-state index contributed by atoms with van der Waals surface area (Å²) in [6, 6.07) is 5.78. The van der Waals surface area contributed by atoms with E-state index in [1.807, 2.05) is 18.2 Å². The molecule has 0 atom stereocenters. The molecule has 0 unspecified atom stereocenters. The van der Waals surface area contributed by atoms with E-state index in [1.165, 1.54) is 25.7 Å². The standard InChI is InChI=1S/C19H29N3O2/c1-19(2)8-6-14(7-9-19)13-21-18(20)22-15-4-5-16-17(12-15)24-11-3-10-23-16/h4-5,12,14H,3,6-11,13H2,1-2H3,(H3,20,21,22). The highest BCUT2D eigenvalue weighted by molar-refractivity contribution is 5.92. The fraction of sp³-hybridized carbons (Fsp3) is 0.632. The second kappa shape index (κ2) is 7.32. The smallest absolute Gasteiger partial charge is 0.193 e. The van der Waals surface area contributed by atoms with Crippen molar-refractivity contribution in [3.63, 3.8) is 0 Å². The summed E-state index contributed by atoms with van der Waals surface area (Å²) >= 11 is 0. The lowest BCUT2D eigenvalue weighted by molar-refractivity contribution is 0.195. The number of nitrogens with zero attached hydrogens (tertiary/aromatic N) is 1. The van der Waals surface area contributed by atoms with E-state index < -0.39 is 0 Å². The van der Waals surface area contributed by atoms with Crippen molar-refractivity contribution in [3.8, 4) is 11.5 Å². The molecular weight excluding hydrogens is 302 g/mol. The van der Waals surface area contributed by atoms with Gasteiger partial charge in [-0.2, -0.15) is 0 Å². The Labute approximate surface area is 144 Å². The SMILES string of the molecule is CC1(C)CCC(CN=C(N)Nc2ccc3c(c2)OCCCO3)CC1. The lowest BCUT2D eigenvalue weighted by Gasteiger charge is -2.33. The van der Waals surface area contributed by atoms with Crippen LogP contribution in [0.2, 0.25) is 0 Å². The molecule has 1 aromatic carbocycles. The Hall–Kier alpha value is -1.91. The second-order valence-electron chi connectivity index (χ2n) is 7.67. The minimum absolute atomic E-state index is 0.467. The van der Waals surface area contributed by atoms with Gasteiger partial charge in [0.15, 0.2) is 17.5 Å². The van der Waals surface area contributed by atoms with Crippen LogP contribution in [0.4, 0.5) is 5.69 Å². The number of hydrogen-bond acceptors (Lipinski definition) is 3. The van der Waals surface area contributed by atoms with Crippen LogP contribution in [0.3, 0.4) is 0 Å². The van der Waals surface area contributed by atoms with E-state index in [4.69, 9.17) is 15.2 Å². The van der Waals surface area contributed by atoms with Crippen LogP contribution < -0.4 is 20.5 Å². The fourth-order valence-corrected chi connectivity index (χ4v) is 3.30. The van der Waals surface area contributed by atoms with Crippen molar-refractivity contribution in [2.24, 2.45) is 22.1 Å². The molecule has 2 aliphatic rings. The molecular formula is C19H29N3O2. The molecule has 1 aliphatic heterocycles. The first kappa shape index (κ1) is 16.9. The van der Waals surface area contributed by atoms with Crippen LogP contribution in [-0.4, -0.2) is 25.7 Å². The van der Waals surface area contributed by atoms with Gasteiger partial charge in [-0.25, -0.2) is 0 Å². The van der Waals surface area contributed by atoms with Crippen molar-refractivity contribution < 1.29 is 9.47 Å². The highest BCUT2D eigenvalue weighted by Gasteiger charge is 2.26. The largest absolute Gasteiger partial charge is 0.490 e. The van der Waals surface area contributed by atoms with E-state index in [0.717, 1.165) is 30.2 Å². The van der Waals surface area contributed by atoms with Gasteiger partial charge in [0.2, 0.25) is 0 Å². The Balaban J connectivity index is 1.54. The van der Waals surface area contributed by atoms with Gasteiger partial charge in [0.25, 0.3) is 0 Å². The number of guanidine groups is 1. The maximum Gasteiger partial charge on any atom is 0.193 e. The van der Waals surface area contributed by atoms with Crippen molar-refractivity contribution in [1.29, 1.82) is 0 Å². The van der Waals surface area contributed by atoms with Crippen LogP contribution >= 0.6 is 0 Å². The van der Waals surface area contributed by atoms with E-state index in [-0.39, 0.29) is 0 Å². The van der Waals surface area contributed by atoms with Crippen molar-refractivity contribution in [2.75, 3.05) is 25.1 Å². The zero-order valence-electron chi connectivity index (χ0n) is 14.8.